The number of rotatable bonds is 5. The van der Waals surface area contributed by atoms with Crippen LogP contribution < -0.4 is 5.32 Å². The molecule has 0 unspecified atom stereocenters. The van der Waals surface area contributed by atoms with Gasteiger partial charge in [0, 0.05) is 27.2 Å². The Balaban J connectivity index is 1.61. The van der Waals surface area contributed by atoms with Crippen LogP contribution in [0.1, 0.15) is 32.9 Å². The van der Waals surface area contributed by atoms with E-state index in [1.165, 1.54) is 0 Å². The van der Waals surface area contributed by atoms with Gasteiger partial charge in [-0.1, -0.05) is 15.9 Å². The van der Waals surface area contributed by atoms with Crippen LogP contribution in [0.3, 0.4) is 0 Å². The Hall–Kier alpha value is -2.86. The molecule has 6 heteroatoms. The summed E-state index contributed by atoms with van der Waals surface area (Å²) < 4.78 is 8.25. The summed E-state index contributed by atoms with van der Waals surface area (Å²) in [5.41, 5.74) is 6.33. The molecule has 5 nitrogen and oxygen atoms in total. The number of nitrogens with zero attached hydrogens (tertiary/aromatic N) is 1. The molecule has 1 N–H and O–H groups in total. The molecule has 2 aromatic carbocycles. The zero-order chi connectivity index (χ0) is 21.1. The van der Waals surface area contributed by atoms with Gasteiger partial charge in [-0.3, -0.25) is 4.79 Å². The lowest BCUT2D eigenvalue weighted by atomic mass is 10.1. The minimum absolute atomic E-state index is 0.342. The third-order valence-corrected chi connectivity index (χ3v) is 5.82. The summed E-state index contributed by atoms with van der Waals surface area (Å²) in [7, 11) is 0. The molecule has 3 rings (SSSR count). The molecule has 0 aliphatic carbocycles. The van der Waals surface area contributed by atoms with Gasteiger partial charge >= 0.3 is 5.97 Å². The number of anilines is 1. The third kappa shape index (κ3) is 4.59. The van der Waals surface area contributed by atoms with Gasteiger partial charge in [0.25, 0.3) is 5.91 Å². The number of benzene rings is 2. The highest BCUT2D eigenvalue weighted by Crippen LogP contribution is 2.25. The molecule has 0 spiro atoms. The molecule has 0 bridgehead atoms. The number of hydrogen-bond acceptors (Lipinski definition) is 3. The predicted molar refractivity (Wildman–Crippen MR) is 118 cm³/mol. The van der Waals surface area contributed by atoms with Gasteiger partial charge in [-0.25, -0.2) is 4.79 Å². The second-order valence-corrected chi connectivity index (χ2v) is 7.82. The van der Waals surface area contributed by atoms with Gasteiger partial charge in [0.05, 0.1) is 5.56 Å². The van der Waals surface area contributed by atoms with Gasteiger partial charge in [-0.15, -0.1) is 0 Å². The molecular weight excluding hydrogens is 432 g/mol. The average molecular weight is 455 g/mol. The van der Waals surface area contributed by atoms with E-state index in [0.717, 1.165) is 32.7 Å². The number of carbonyl (C=O) groups excluding carboxylic acids is 2. The fourth-order valence-electron chi connectivity index (χ4n) is 3.15. The molecule has 150 valence electrons. The molecule has 0 saturated heterocycles. The maximum absolute atomic E-state index is 12.3. The Morgan fingerprint density at radius 3 is 2.14 bits per heavy atom. The standard InChI is InChI=1S/C23H23BrN2O3/c1-14-5-6-15(2)26(14)19-9-7-18(8-10-19)23(28)29-13-22(27)25-21-12-11-20(24)16(3)17(21)4/h5-12H,13H2,1-4H3,(H,25,27). The molecule has 0 aliphatic rings. The van der Waals surface area contributed by atoms with Crippen molar-refractivity contribution < 1.29 is 14.3 Å². The number of hydrogen-bond donors (Lipinski definition) is 1. The molecule has 0 radical (unpaired) electrons. The predicted octanol–water partition coefficient (Wildman–Crippen LogP) is 5.27. The van der Waals surface area contributed by atoms with Gasteiger partial charge in [0.15, 0.2) is 6.61 Å². The minimum atomic E-state index is -0.531. The van der Waals surface area contributed by atoms with Crippen LogP contribution in [-0.4, -0.2) is 23.1 Å². The fraction of sp³-hybridized carbons (Fsp3) is 0.217. The van der Waals surface area contributed by atoms with E-state index in [9.17, 15) is 9.59 Å². The Morgan fingerprint density at radius 2 is 1.52 bits per heavy atom. The van der Waals surface area contributed by atoms with Gasteiger partial charge in [0.1, 0.15) is 0 Å². The zero-order valence-electron chi connectivity index (χ0n) is 16.9. The summed E-state index contributed by atoms with van der Waals surface area (Å²) in [6.45, 7) is 7.61. The van der Waals surface area contributed by atoms with Gasteiger partial charge in [-0.05, 0) is 87.4 Å². The van der Waals surface area contributed by atoms with E-state index in [1.54, 1.807) is 12.1 Å². The smallest absolute Gasteiger partial charge is 0.338 e. The summed E-state index contributed by atoms with van der Waals surface area (Å²) in [6, 6.07) is 14.9. The van der Waals surface area contributed by atoms with E-state index in [-0.39, 0.29) is 12.5 Å². The molecule has 1 heterocycles. The van der Waals surface area contributed by atoms with Crippen molar-refractivity contribution in [3.63, 3.8) is 0 Å². The van der Waals surface area contributed by atoms with E-state index >= 15 is 0 Å². The van der Waals surface area contributed by atoms with E-state index in [4.69, 9.17) is 4.74 Å². The maximum atomic E-state index is 12.3. The Bertz CT molecular complexity index is 1050. The lowest BCUT2D eigenvalue weighted by molar-refractivity contribution is -0.119. The molecule has 0 atom stereocenters. The Labute approximate surface area is 178 Å². The Morgan fingerprint density at radius 1 is 0.897 bits per heavy atom. The lowest BCUT2D eigenvalue weighted by Crippen LogP contribution is -2.21. The number of amides is 1. The van der Waals surface area contributed by atoms with Crippen LogP contribution >= 0.6 is 15.9 Å². The van der Waals surface area contributed by atoms with Gasteiger partial charge in [0.2, 0.25) is 0 Å². The molecule has 0 saturated carbocycles. The number of halogens is 1. The minimum Gasteiger partial charge on any atom is -0.452 e. The molecule has 29 heavy (non-hydrogen) atoms. The first-order valence-corrected chi connectivity index (χ1v) is 10.1. The molecular formula is C23H23BrN2O3. The van der Waals surface area contributed by atoms with Crippen molar-refractivity contribution in [2.24, 2.45) is 0 Å². The van der Waals surface area contributed by atoms with Crippen molar-refractivity contribution in [3.05, 3.63) is 81.1 Å². The number of ether oxygens (including phenoxy) is 1. The van der Waals surface area contributed by atoms with Gasteiger partial charge < -0.3 is 14.6 Å². The van der Waals surface area contributed by atoms with Crippen LogP contribution in [0, 0.1) is 27.7 Å². The molecule has 0 aliphatic heterocycles. The highest BCUT2D eigenvalue weighted by atomic mass is 79.9. The van der Waals surface area contributed by atoms with Crippen molar-refractivity contribution in [2.75, 3.05) is 11.9 Å². The fourth-order valence-corrected chi connectivity index (χ4v) is 3.58. The van der Waals surface area contributed by atoms with Crippen molar-refractivity contribution >= 4 is 33.5 Å². The van der Waals surface area contributed by atoms with Crippen LogP contribution in [0.5, 0.6) is 0 Å². The number of esters is 1. The summed E-state index contributed by atoms with van der Waals surface area (Å²) >= 11 is 3.46. The maximum Gasteiger partial charge on any atom is 0.338 e. The second kappa shape index (κ2) is 8.66. The van der Waals surface area contributed by atoms with Crippen molar-refractivity contribution in [1.29, 1.82) is 0 Å². The molecule has 1 aromatic heterocycles. The van der Waals surface area contributed by atoms with Gasteiger partial charge in [-0.2, -0.15) is 0 Å². The van der Waals surface area contributed by atoms with Crippen molar-refractivity contribution in [1.82, 2.24) is 4.57 Å². The van der Waals surface area contributed by atoms with E-state index in [0.29, 0.717) is 11.3 Å². The van der Waals surface area contributed by atoms with Crippen LogP contribution in [0.4, 0.5) is 5.69 Å². The summed E-state index contributed by atoms with van der Waals surface area (Å²) in [5, 5.41) is 2.78. The van der Waals surface area contributed by atoms with E-state index in [1.807, 2.05) is 64.1 Å². The lowest BCUT2D eigenvalue weighted by Gasteiger charge is -2.12. The normalized spacial score (nSPS) is 10.7. The summed E-state index contributed by atoms with van der Waals surface area (Å²) in [6.07, 6.45) is 0. The first-order chi connectivity index (χ1) is 13.8. The van der Waals surface area contributed by atoms with Crippen LogP contribution in [0.25, 0.3) is 5.69 Å². The topological polar surface area (TPSA) is 60.3 Å². The van der Waals surface area contributed by atoms with Crippen molar-refractivity contribution in [3.8, 4) is 5.69 Å². The van der Waals surface area contributed by atoms with E-state index in [2.05, 4.69) is 25.8 Å². The largest absolute Gasteiger partial charge is 0.452 e. The monoisotopic (exact) mass is 454 g/mol. The number of nitrogens with one attached hydrogen (secondary N) is 1. The highest BCUT2D eigenvalue weighted by Gasteiger charge is 2.13. The summed E-state index contributed by atoms with van der Waals surface area (Å²) in [4.78, 5) is 24.5. The zero-order valence-corrected chi connectivity index (χ0v) is 18.5. The summed E-state index contributed by atoms with van der Waals surface area (Å²) in [5.74, 6) is -0.908. The highest BCUT2D eigenvalue weighted by molar-refractivity contribution is 9.10. The quantitative estimate of drug-likeness (QED) is 0.534. The van der Waals surface area contributed by atoms with Crippen LogP contribution in [0.2, 0.25) is 0 Å². The number of aryl methyl sites for hydroxylation is 2. The average Bonchev–Trinajstić information content (AvgIpc) is 3.05. The first-order valence-electron chi connectivity index (χ1n) is 9.26. The first kappa shape index (κ1) is 20.9. The number of aromatic nitrogens is 1. The van der Waals surface area contributed by atoms with Crippen molar-refractivity contribution in [2.45, 2.75) is 27.7 Å². The molecule has 1 amide bonds. The second-order valence-electron chi connectivity index (χ2n) is 6.97. The SMILES string of the molecule is Cc1c(Br)ccc(NC(=O)COC(=O)c2ccc(-n3c(C)ccc3C)cc2)c1C. The van der Waals surface area contributed by atoms with Crippen LogP contribution in [0.15, 0.2) is 53.0 Å². The Kier molecular flexibility index (Phi) is 6.23. The molecule has 0 fully saturated rings. The number of carbonyl (C=O) groups is 2. The van der Waals surface area contributed by atoms with Crippen LogP contribution in [-0.2, 0) is 9.53 Å². The molecule has 3 aromatic rings. The third-order valence-electron chi connectivity index (χ3n) is 4.96. The van der Waals surface area contributed by atoms with E-state index < -0.39 is 5.97 Å².